The molecular weight excluding hydrogens is 352 g/mol. The van der Waals surface area contributed by atoms with Gasteiger partial charge < -0.3 is 14.8 Å². The fourth-order valence-electron chi connectivity index (χ4n) is 4.18. The third-order valence-corrected chi connectivity index (χ3v) is 6.01. The first-order chi connectivity index (χ1) is 13.5. The summed E-state index contributed by atoms with van der Waals surface area (Å²) in [6.07, 6.45) is 8.00. The number of carbonyl (C=O) groups excluding carboxylic acids is 1. The summed E-state index contributed by atoms with van der Waals surface area (Å²) in [5.41, 5.74) is 1.51. The van der Waals surface area contributed by atoms with E-state index >= 15 is 0 Å². The van der Waals surface area contributed by atoms with Crippen LogP contribution in [0.2, 0.25) is 0 Å². The third-order valence-electron chi connectivity index (χ3n) is 6.01. The van der Waals surface area contributed by atoms with Gasteiger partial charge in [-0.1, -0.05) is 39.2 Å². The molecule has 0 atom stereocenters. The smallest absolute Gasteiger partial charge is 0.264 e. The molecule has 3 rings (SSSR count). The molecule has 5 heteroatoms. The number of benzene rings is 1. The van der Waals surface area contributed by atoms with Gasteiger partial charge in [0.2, 0.25) is 0 Å². The van der Waals surface area contributed by atoms with E-state index < -0.39 is 0 Å². The van der Waals surface area contributed by atoms with Crippen LogP contribution in [0.1, 0.15) is 61.9 Å². The maximum Gasteiger partial charge on any atom is 0.264 e. The van der Waals surface area contributed by atoms with Gasteiger partial charge in [0.15, 0.2) is 0 Å². The summed E-state index contributed by atoms with van der Waals surface area (Å²) < 4.78 is 11.2. The molecule has 28 heavy (non-hydrogen) atoms. The van der Waals surface area contributed by atoms with Crippen LogP contribution < -0.4 is 14.8 Å². The molecule has 150 valence electrons. The zero-order valence-electron chi connectivity index (χ0n) is 17.2. The summed E-state index contributed by atoms with van der Waals surface area (Å²) in [6.45, 7) is 4.57. The lowest BCUT2D eigenvalue weighted by molar-refractivity contribution is 0.102. The highest BCUT2D eigenvalue weighted by atomic mass is 16.5. The molecule has 0 aliphatic heterocycles. The number of carbonyl (C=O) groups is 1. The molecule has 1 fully saturated rings. The van der Waals surface area contributed by atoms with E-state index in [4.69, 9.17) is 9.47 Å². The molecule has 5 nitrogen and oxygen atoms in total. The molecular formula is C23H30N2O3. The standard InChI is InChI=1S/C23H30N2O3/c1-23(2,16-10-6-5-7-11-16)17-14-18(27-3)21(19(15-17)28-4)22(26)25-20-12-8-9-13-24-20/h8-9,12-16H,5-7,10-11H2,1-4H3,(H,24,25,26). The average Bonchev–Trinajstić information content (AvgIpc) is 2.73. The second kappa shape index (κ2) is 8.63. The van der Waals surface area contributed by atoms with Gasteiger partial charge in [0.1, 0.15) is 22.9 Å². The van der Waals surface area contributed by atoms with E-state index in [2.05, 4.69) is 24.1 Å². The monoisotopic (exact) mass is 382 g/mol. The Labute approximate surface area is 167 Å². The minimum atomic E-state index is -0.297. The number of hydrogen-bond donors (Lipinski definition) is 1. The number of ether oxygens (including phenoxy) is 2. The zero-order chi connectivity index (χ0) is 20.1. The number of hydrogen-bond acceptors (Lipinski definition) is 4. The van der Waals surface area contributed by atoms with Gasteiger partial charge in [-0.2, -0.15) is 0 Å². The molecule has 1 aliphatic carbocycles. The number of pyridine rings is 1. The van der Waals surface area contributed by atoms with Gasteiger partial charge in [-0.15, -0.1) is 0 Å². The number of methoxy groups -OCH3 is 2. The van der Waals surface area contributed by atoms with Crippen LogP contribution in [0.5, 0.6) is 11.5 Å². The fourth-order valence-corrected chi connectivity index (χ4v) is 4.18. The molecule has 1 heterocycles. The highest BCUT2D eigenvalue weighted by Crippen LogP contribution is 2.44. The van der Waals surface area contributed by atoms with Crippen LogP contribution in [0, 0.1) is 5.92 Å². The molecule has 1 aromatic carbocycles. The number of aromatic nitrogens is 1. The third kappa shape index (κ3) is 4.13. The Bertz CT molecular complexity index is 787. The van der Waals surface area contributed by atoms with Crippen molar-refractivity contribution >= 4 is 11.7 Å². The number of rotatable bonds is 6. The molecule has 1 aliphatic rings. The Morgan fingerprint density at radius 1 is 1.07 bits per heavy atom. The predicted octanol–water partition coefficient (Wildman–Crippen LogP) is 5.21. The maximum atomic E-state index is 12.9. The molecule has 1 aromatic heterocycles. The molecule has 0 saturated heterocycles. The van der Waals surface area contributed by atoms with Gasteiger partial charge in [0.25, 0.3) is 5.91 Å². The van der Waals surface area contributed by atoms with Crippen molar-refractivity contribution in [3.05, 3.63) is 47.7 Å². The van der Waals surface area contributed by atoms with Gasteiger partial charge in [0.05, 0.1) is 14.2 Å². The highest BCUT2D eigenvalue weighted by Gasteiger charge is 2.34. The molecule has 1 saturated carbocycles. The van der Waals surface area contributed by atoms with Gasteiger partial charge in [0, 0.05) is 6.20 Å². The number of anilines is 1. The van der Waals surface area contributed by atoms with Crippen LogP contribution in [0.15, 0.2) is 36.5 Å². The van der Waals surface area contributed by atoms with Gasteiger partial charge in [-0.05, 0) is 54.0 Å². The molecule has 1 amide bonds. The summed E-state index contributed by atoms with van der Waals surface area (Å²) in [4.78, 5) is 17.1. The van der Waals surface area contributed by atoms with Crippen LogP contribution in [0.3, 0.4) is 0 Å². The lowest BCUT2D eigenvalue weighted by Crippen LogP contribution is -2.30. The first-order valence-corrected chi connectivity index (χ1v) is 9.96. The van der Waals surface area contributed by atoms with Crippen LogP contribution in [0.4, 0.5) is 5.82 Å². The van der Waals surface area contributed by atoms with Gasteiger partial charge >= 0.3 is 0 Å². The molecule has 1 N–H and O–H groups in total. The first kappa shape index (κ1) is 20.2. The van der Waals surface area contributed by atoms with Crippen molar-refractivity contribution in [2.24, 2.45) is 5.92 Å². The molecule has 0 radical (unpaired) electrons. The van der Waals surface area contributed by atoms with Crippen molar-refractivity contribution in [2.75, 3.05) is 19.5 Å². The van der Waals surface area contributed by atoms with Crippen LogP contribution in [0.25, 0.3) is 0 Å². The van der Waals surface area contributed by atoms with Crippen molar-refractivity contribution in [3.63, 3.8) is 0 Å². The quantitative estimate of drug-likeness (QED) is 0.745. The van der Waals surface area contributed by atoms with E-state index in [9.17, 15) is 4.79 Å². The van der Waals surface area contributed by atoms with Crippen LogP contribution >= 0.6 is 0 Å². The van der Waals surface area contributed by atoms with Gasteiger partial charge in [-0.25, -0.2) is 4.98 Å². The minimum absolute atomic E-state index is 0.0169. The van der Waals surface area contributed by atoms with E-state index in [1.54, 1.807) is 32.5 Å². The topological polar surface area (TPSA) is 60.5 Å². The van der Waals surface area contributed by atoms with E-state index in [-0.39, 0.29) is 11.3 Å². The number of nitrogens with one attached hydrogen (secondary N) is 1. The van der Waals surface area contributed by atoms with Crippen molar-refractivity contribution < 1.29 is 14.3 Å². The summed E-state index contributed by atoms with van der Waals surface area (Å²) in [5.74, 6) is 1.85. The molecule has 0 bridgehead atoms. The summed E-state index contributed by atoms with van der Waals surface area (Å²) >= 11 is 0. The lowest BCUT2D eigenvalue weighted by atomic mass is 9.67. The second-order valence-corrected chi connectivity index (χ2v) is 7.98. The largest absolute Gasteiger partial charge is 0.496 e. The Kier molecular flexibility index (Phi) is 6.22. The first-order valence-electron chi connectivity index (χ1n) is 9.96. The minimum Gasteiger partial charge on any atom is -0.496 e. The maximum absolute atomic E-state index is 12.9. The normalized spacial score (nSPS) is 15.1. The predicted molar refractivity (Wildman–Crippen MR) is 111 cm³/mol. The van der Waals surface area contributed by atoms with Crippen LogP contribution in [-0.2, 0) is 5.41 Å². The van der Waals surface area contributed by atoms with E-state index in [0.29, 0.717) is 28.8 Å². The number of amides is 1. The molecule has 2 aromatic rings. The van der Waals surface area contributed by atoms with Crippen molar-refractivity contribution in [1.29, 1.82) is 0 Å². The zero-order valence-corrected chi connectivity index (χ0v) is 17.2. The summed E-state index contributed by atoms with van der Waals surface area (Å²) in [5, 5.41) is 2.82. The summed E-state index contributed by atoms with van der Waals surface area (Å²) in [6, 6.07) is 9.36. The van der Waals surface area contributed by atoms with E-state index in [0.717, 1.165) is 5.56 Å². The van der Waals surface area contributed by atoms with Crippen molar-refractivity contribution in [1.82, 2.24) is 4.98 Å². The molecule has 0 spiro atoms. The SMILES string of the molecule is COc1cc(C(C)(C)C2CCCCC2)cc(OC)c1C(=O)Nc1ccccn1. The van der Waals surface area contributed by atoms with Crippen molar-refractivity contribution in [2.45, 2.75) is 51.4 Å². The van der Waals surface area contributed by atoms with Crippen molar-refractivity contribution in [3.8, 4) is 11.5 Å². The Morgan fingerprint density at radius 3 is 2.25 bits per heavy atom. The average molecular weight is 383 g/mol. The summed E-state index contributed by atoms with van der Waals surface area (Å²) in [7, 11) is 3.17. The van der Waals surface area contributed by atoms with Gasteiger partial charge in [-0.3, -0.25) is 4.79 Å². The van der Waals surface area contributed by atoms with Crippen LogP contribution in [-0.4, -0.2) is 25.1 Å². The van der Waals surface area contributed by atoms with E-state index in [1.165, 1.54) is 32.1 Å². The lowest BCUT2D eigenvalue weighted by Gasteiger charge is -2.38. The number of nitrogens with zero attached hydrogens (tertiary/aromatic N) is 1. The molecule has 0 unspecified atom stereocenters. The fraction of sp³-hybridized carbons (Fsp3) is 0.478. The van der Waals surface area contributed by atoms with E-state index in [1.807, 2.05) is 18.2 Å². The Hall–Kier alpha value is -2.56. The Morgan fingerprint density at radius 2 is 1.71 bits per heavy atom. The Balaban J connectivity index is 1.97. The highest BCUT2D eigenvalue weighted by molar-refractivity contribution is 6.08. The second-order valence-electron chi connectivity index (χ2n) is 7.98.